The molecule has 2 aromatic rings. The lowest BCUT2D eigenvalue weighted by Gasteiger charge is -2.15. The Bertz CT molecular complexity index is 598. The fraction of sp³-hybridized carbons (Fsp3) is 0.312. The van der Waals surface area contributed by atoms with Crippen molar-refractivity contribution >= 4 is 34.5 Å². The lowest BCUT2D eigenvalue weighted by molar-refractivity contribution is -0.115. The second kappa shape index (κ2) is 7.59. The zero-order chi connectivity index (χ0) is 15.2. The first-order valence-corrected chi connectivity index (χ1v) is 8.18. The van der Waals surface area contributed by atoms with Gasteiger partial charge in [0.15, 0.2) is 0 Å². The van der Waals surface area contributed by atoms with Crippen molar-refractivity contribution in [3.63, 3.8) is 0 Å². The molecule has 1 unspecified atom stereocenters. The van der Waals surface area contributed by atoms with E-state index in [0.29, 0.717) is 5.02 Å². The van der Waals surface area contributed by atoms with Gasteiger partial charge >= 0.3 is 0 Å². The number of halogens is 1. The first-order chi connectivity index (χ1) is 10.1. The predicted octanol–water partition coefficient (Wildman–Crippen LogP) is 4.39. The van der Waals surface area contributed by atoms with E-state index in [1.54, 1.807) is 17.4 Å². The summed E-state index contributed by atoms with van der Waals surface area (Å²) in [5.74, 6) is -0.0598. The normalized spacial score (nSPS) is 12.1. The van der Waals surface area contributed by atoms with Crippen molar-refractivity contribution in [2.75, 3.05) is 11.9 Å². The monoisotopic (exact) mass is 322 g/mol. The van der Waals surface area contributed by atoms with Gasteiger partial charge in [0.05, 0.1) is 6.54 Å². The molecule has 0 aliphatic rings. The molecule has 0 saturated heterocycles. The molecule has 2 rings (SSSR count). The number of nitrogens with one attached hydrogen (secondary N) is 2. The molecule has 112 valence electrons. The van der Waals surface area contributed by atoms with Gasteiger partial charge in [-0.1, -0.05) is 30.7 Å². The molecule has 1 aromatic heterocycles. The summed E-state index contributed by atoms with van der Waals surface area (Å²) < 4.78 is 0. The summed E-state index contributed by atoms with van der Waals surface area (Å²) in [6.45, 7) is 4.33. The topological polar surface area (TPSA) is 41.1 Å². The smallest absolute Gasteiger partial charge is 0.238 e. The third kappa shape index (κ3) is 4.56. The molecule has 0 radical (unpaired) electrons. The molecular weight excluding hydrogens is 304 g/mol. The second-order valence-corrected chi connectivity index (χ2v) is 6.28. The van der Waals surface area contributed by atoms with Gasteiger partial charge < -0.3 is 10.6 Å². The molecular formula is C16H19ClN2OS. The van der Waals surface area contributed by atoms with E-state index < -0.39 is 0 Å². The highest BCUT2D eigenvalue weighted by Crippen LogP contribution is 2.22. The maximum Gasteiger partial charge on any atom is 0.238 e. The Balaban J connectivity index is 1.91. The molecule has 0 aliphatic carbocycles. The quantitative estimate of drug-likeness (QED) is 0.828. The van der Waals surface area contributed by atoms with Gasteiger partial charge in [-0.3, -0.25) is 4.79 Å². The van der Waals surface area contributed by atoms with E-state index in [0.717, 1.165) is 17.7 Å². The zero-order valence-electron chi connectivity index (χ0n) is 12.2. The Hall–Kier alpha value is -1.36. The molecule has 0 spiro atoms. The van der Waals surface area contributed by atoms with E-state index in [9.17, 15) is 4.79 Å². The van der Waals surface area contributed by atoms with Crippen LogP contribution in [0.4, 0.5) is 5.69 Å². The molecule has 1 atom stereocenters. The van der Waals surface area contributed by atoms with Gasteiger partial charge in [0.2, 0.25) is 5.91 Å². The van der Waals surface area contributed by atoms with Crippen LogP contribution in [0.3, 0.4) is 0 Å². The molecule has 0 saturated carbocycles. The number of anilines is 1. The van der Waals surface area contributed by atoms with Crippen molar-refractivity contribution in [1.82, 2.24) is 5.32 Å². The van der Waals surface area contributed by atoms with Crippen molar-refractivity contribution in [2.24, 2.45) is 0 Å². The van der Waals surface area contributed by atoms with Crippen LogP contribution in [0.1, 0.15) is 29.8 Å². The number of amides is 1. The van der Waals surface area contributed by atoms with E-state index in [2.05, 4.69) is 29.0 Å². The lowest BCUT2D eigenvalue weighted by Crippen LogP contribution is -2.30. The molecule has 21 heavy (non-hydrogen) atoms. The third-order valence-corrected chi connectivity index (χ3v) is 4.50. The van der Waals surface area contributed by atoms with Gasteiger partial charge in [0, 0.05) is 21.6 Å². The molecule has 5 heteroatoms. The molecule has 2 N–H and O–H groups in total. The summed E-state index contributed by atoms with van der Waals surface area (Å²) in [6.07, 6.45) is 0.948. The highest BCUT2D eigenvalue weighted by molar-refractivity contribution is 7.10. The summed E-state index contributed by atoms with van der Waals surface area (Å²) in [6, 6.07) is 9.81. The van der Waals surface area contributed by atoms with Crippen LogP contribution in [0, 0.1) is 6.92 Å². The molecule has 1 amide bonds. The van der Waals surface area contributed by atoms with Crippen molar-refractivity contribution in [1.29, 1.82) is 0 Å². The summed E-state index contributed by atoms with van der Waals surface area (Å²) in [4.78, 5) is 13.3. The summed E-state index contributed by atoms with van der Waals surface area (Å²) in [7, 11) is 0. The number of aryl methyl sites for hydroxylation is 1. The SMILES string of the molecule is CCC(NCC(=O)Nc1cc(Cl)ccc1C)c1cccs1. The molecule has 0 bridgehead atoms. The number of rotatable bonds is 6. The van der Waals surface area contributed by atoms with Crippen LogP contribution in [0.25, 0.3) is 0 Å². The highest BCUT2D eigenvalue weighted by atomic mass is 35.5. The van der Waals surface area contributed by atoms with Crippen molar-refractivity contribution < 1.29 is 4.79 Å². The number of carbonyl (C=O) groups excluding carboxylic acids is 1. The summed E-state index contributed by atoms with van der Waals surface area (Å²) in [5.41, 5.74) is 1.76. The molecule has 1 aromatic carbocycles. The predicted molar refractivity (Wildman–Crippen MR) is 90.2 cm³/mol. The minimum atomic E-state index is -0.0598. The van der Waals surface area contributed by atoms with E-state index in [1.165, 1.54) is 4.88 Å². The number of carbonyl (C=O) groups is 1. The number of hydrogen-bond donors (Lipinski definition) is 2. The fourth-order valence-electron chi connectivity index (χ4n) is 2.07. The lowest BCUT2D eigenvalue weighted by atomic mass is 10.2. The average Bonchev–Trinajstić information content (AvgIpc) is 2.98. The first-order valence-electron chi connectivity index (χ1n) is 6.93. The van der Waals surface area contributed by atoms with E-state index in [-0.39, 0.29) is 18.5 Å². The standard InChI is InChI=1S/C16H19ClN2OS/c1-3-13(15-5-4-8-21-15)18-10-16(20)19-14-9-12(17)7-6-11(14)2/h4-9,13,18H,3,10H2,1-2H3,(H,19,20). The van der Waals surface area contributed by atoms with Gasteiger partial charge in [-0.05, 0) is 42.5 Å². The summed E-state index contributed by atoms with van der Waals surface area (Å²) >= 11 is 7.66. The van der Waals surface area contributed by atoms with Crippen LogP contribution in [0.15, 0.2) is 35.7 Å². The van der Waals surface area contributed by atoms with Gasteiger partial charge in [0.25, 0.3) is 0 Å². The van der Waals surface area contributed by atoms with Crippen LogP contribution in [0.2, 0.25) is 5.02 Å². The van der Waals surface area contributed by atoms with Crippen LogP contribution >= 0.6 is 22.9 Å². The van der Waals surface area contributed by atoms with Crippen molar-refractivity contribution in [3.05, 3.63) is 51.2 Å². The van der Waals surface area contributed by atoms with Gasteiger partial charge in [-0.15, -0.1) is 11.3 Å². The van der Waals surface area contributed by atoms with E-state index >= 15 is 0 Å². The number of thiophene rings is 1. The van der Waals surface area contributed by atoms with E-state index in [1.807, 2.05) is 25.1 Å². The Kier molecular flexibility index (Phi) is 5.79. The molecule has 0 fully saturated rings. The molecule has 0 aliphatic heterocycles. The molecule has 3 nitrogen and oxygen atoms in total. The second-order valence-electron chi connectivity index (χ2n) is 4.86. The highest BCUT2D eigenvalue weighted by Gasteiger charge is 2.12. The maximum atomic E-state index is 12.1. The van der Waals surface area contributed by atoms with Gasteiger partial charge in [-0.25, -0.2) is 0 Å². The Morgan fingerprint density at radius 2 is 2.19 bits per heavy atom. The minimum Gasteiger partial charge on any atom is -0.325 e. The van der Waals surface area contributed by atoms with Crippen molar-refractivity contribution in [3.8, 4) is 0 Å². The maximum absolute atomic E-state index is 12.1. The largest absolute Gasteiger partial charge is 0.325 e. The fourth-order valence-corrected chi connectivity index (χ4v) is 3.13. The van der Waals surface area contributed by atoms with Crippen LogP contribution < -0.4 is 10.6 Å². The van der Waals surface area contributed by atoms with Gasteiger partial charge in [-0.2, -0.15) is 0 Å². The number of hydrogen-bond acceptors (Lipinski definition) is 3. The Morgan fingerprint density at radius 1 is 1.38 bits per heavy atom. The van der Waals surface area contributed by atoms with E-state index in [4.69, 9.17) is 11.6 Å². The van der Waals surface area contributed by atoms with Crippen LogP contribution in [-0.4, -0.2) is 12.5 Å². The molecule has 1 heterocycles. The van der Waals surface area contributed by atoms with Crippen molar-refractivity contribution in [2.45, 2.75) is 26.3 Å². The zero-order valence-corrected chi connectivity index (χ0v) is 13.7. The summed E-state index contributed by atoms with van der Waals surface area (Å²) in [5, 5.41) is 8.85. The minimum absolute atomic E-state index is 0.0598. The Morgan fingerprint density at radius 3 is 2.86 bits per heavy atom. The van der Waals surface area contributed by atoms with Gasteiger partial charge in [0.1, 0.15) is 0 Å². The number of benzene rings is 1. The first kappa shape index (κ1) is 16.0. The third-order valence-electron chi connectivity index (χ3n) is 3.28. The average molecular weight is 323 g/mol. The Labute approximate surface area is 134 Å². The van der Waals surface area contributed by atoms with Crippen LogP contribution in [0.5, 0.6) is 0 Å². The van der Waals surface area contributed by atoms with Crippen LogP contribution in [-0.2, 0) is 4.79 Å².